The summed E-state index contributed by atoms with van der Waals surface area (Å²) in [5, 5.41) is 13.6. The van der Waals surface area contributed by atoms with Crippen molar-refractivity contribution in [2.24, 2.45) is 5.84 Å². The summed E-state index contributed by atoms with van der Waals surface area (Å²) < 4.78 is 0. The number of rotatable bonds is 2. The monoisotopic (exact) mass is 224 g/mol. The minimum absolute atomic E-state index is 0.352. The van der Waals surface area contributed by atoms with E-state index in [2.05, 4.69) is 10.7 Å². The number of nitrogens with zero attached hydrogens (tertiary/aromatic N) is 1. The lowest BCUT2D eigenvalue weighted by Crippen LogP contribution is -2.34. The van der Waals surface area contributed by atoms with Gasteiger partial charge in [0.05, 0.1) is 0 Å². The third-order valence-corrected chi connectivity index (χ3v) is 2.23. The van der Waals surface area contributed by atoms with Crippen LogP contribution in [0.3, 0.4) is 0 Å². The average Bonchev–Trinajstić information content (AvgIpc) is 2.21. The molecule has 0 fully saturated rings. The van der Waals surface area contributed by atoms with Gasteiger partial charge in [0.2, 0.25) is 0 Å². The standard InChI is InChI=1S/C8H8N4S2/c9-5-14-7-3-1-6(2-4-7)11-8(13)12-10/h1-4H,10H2,(H2,11,12,13). The zero-order chi connectivity index (χ0) is 10.4. The molecule has 72 valence electrons. The third-order valence-electron chi connectivity index (χ3n) is 1.41. The first kappa shape index (κ1) is 10.8. The van der Waals surface area contributed by atoms with Crippen molar-refractivity contribution in [3.05, 3.63) is 24.3 Å². The molecule has 0 unspecified atom stereocenters. The van der Waals surface area contributed by atoms with Crippen LogP contribution >= 0.6 is 24.0 Å². The normalized spacial score (nSPS) is 8.86. The van der Waals surface area contributed by atoms with E-state index >= 15 is 0 Å². The Hall–Kier alpha value is -1.29. The van der Waals surface area contributed by atoms with Crippen molar-refractivity contribution >= 4 is 34.8 Å². The van der Waals surface area contributed by atoms with E-state index in [-0.39, 0.29) is 0 Å². The van der Waals surface area contributed by atoms with Crippen LogP contribution in [0.5, 0.6) is 0 Å². The van der Waals surface area contributed by atoms with Crippen LogP contribution in [0.15, 0.2) is 29.2 Å². The van der Waals surface area contributed by atoms with E-state index in [4.69, 9.17) is 23.3 Å². The second-order valence-corrected chi connectivity index (χ2v) is 3.58. The summed E-state index contributed by atoms with van der Waals surface area (Å²) in [6, 6.07) is 7.30. The Kier molecular flexibility index (Phi) is 4.19. The molecule has 1 aromatic carbocycles. The number of benzene rings is 1. The number of hydrazine groups is 1. The van der Waals surface area contributed by atoms with Crippen LogP contribution in [0.1, 0.15) is 0 Å². The lowest BCUT2D eigenvalue weighted by atomic mass is 10.3. The average molecular weight is 224 g/mol. The van der Waals surface area contributed by atoms with Crippen LogP contribution in [-0.2, 0) is 0 Å². The number of thiocyanates is 1. The highest BCUT2D eigenvalue weighted by Crippen LogP contribution is 2.18. The van der Waals surface area contributed by atoms with Gasteiger partial charge in [0.1, 0.15) is 5.40 Å². The smallest absolute Gasteiger partial charge is 0.185 e. The predicted molar refractivity (Wildman–Crippen MR) is 61.5 cm³/mol. The number of thioether (sulfide) groups is 1. The van der Waals surface area contributed by atoms with Gasteiger partial charge in [0.25, 0.3) is 0 Å². The second kappa shape index (κ2) is 5.44. The zero-order valence-corrected chi connectivity index (χ0v) is 8.78. The van der Waals surface area contributed by atoms with Crippen molar-refractivity contribution in [1.29, 1.82) is 5.26 Å². The minimum Gasteiger partial charge on any atom is -0.332 e. The van der Waals surface area contributed by atoms with Gasteiger partial charge in [-0.05, 0) is 48.2 Å². The summed E-state index contributed by atoms with van der Waals surface area (Å²) in [6.07, 6.45) is 0. The molecule has 0 saturated carbocycles. The molecule has 0 atom stereocenters. The molecule has 0 aliphatic heterocycles. The highest BCUT2D eigenvalue weighted by Gasteiger charge is 1.96. The van der Waals surface area contributed by atoms with Gasteiger partial charge in [-0.2, -0.15) is 5.26 Å². The number of nitrogens with two attached hydrogens (primary N) is 1. The first-order chi connectivity index (χ1) is 6.76. The SMILES string of the molecule is N#CSc1ccc(NC(=S)NN)cc1. The largest absolute Gasteiger partial charge is 0.332 e. The van der Waals surface area contributed by atoms with Gasteiger partial charge in [-0.15, -0.1) is 0 Å². The lowest BCUT2D eigenvalue weighted by Gasteiger charge is -2.06. The van der Waals surface area contributed by atoms with Crippen molar-refractivity contribution in [2.45, 2.75) is 4.90 Å². The van der Waals surface area contributed by atoms with Crippen molar-refractivity contribution in [1.82, 2.24) is 5.43 Å². The molecule has 0 aliphatic rings. The Morgan fingerprint density at radius 1 is 1.43 bits per heavy atom. The number of anilines is 1. The Bertz CT molecular complexity index is 355. The molecule has 0 aliphatic carbocycles. The number of nitriles is 1. The van der Waals surface area contributed by atoms with Gasteiger partial charge in [-0.1, -0.05) is 0 Å². The van der Waals surface area contributed by atoms with E-state index in [0.717, 1.165) is 22.3 Å². The molecule has 0 amide bonds. The molecule has 1 aromatic rings. The molecule has 0 spiro atoms. The fourth-order valence-corrected chi connectivity index (χ4v) is 1.32. The molecule has 1 rings (SSSR count). The fourth-order valence-electron chi connectivity index (χ4n) is 0.826. The maximum absolute atomic E-state index is 8.42. The van der Waals surface area contributed by atoms with Crippen molar-refractivity contribution in [3.8, 4) is 5.40 Å². The summed E-state index contributed by atoms with van der Waals surface area (Å²) in [7, 11) is 0. The van der Waals surface area contributed by atoms with Crippen LogP contribution in [0.4, 0.5) is 5.69 Å². The highest BCUT2D eigenvalue weighted by atomic mass is 32.2. The molecule has 0 aromatic heterocycles. The van der Waals surface area contributed by atoms with Gasteiger partial charge in [0.15, 0.2) is 5.11 Å². The highest BCUT2D eigenvalue weighted by molar-refractivity contribution is 8.03. The van der Waals surface area contributed by atoms with Crippen molar-refractivity contribution in [2.75, 3.05) is 5.32 Å². The van der Waals surface area contributed by atoms with Crippen LogP contribution in [-0.4, -0.2) is 5.11 Å². The molecule has 0 saturated heterocycles. The van der Waals surface area contributed by atoms with E-state index in [1.54, 1.807) is 0 Å². The molecule has 0 heterocycles. The Morgan fingerprint density at radius 2 is 2.07 bits per heavy atom. The van der Waals surface area contributed by atoms with E-state index in [1.807, 2.05) is 29.7 Å². The quantitative estimate of drug-likeness (QED) is 0.232. The number of hydrogen-bond donors (Lipinski definition) is 3. The summed E-state index contributed by atoms with van der Waals surface area (Å²) >= 11 is 5.93. The molecule has 0 radical (unpaired) electrons. The summed E-state index contributed by atoms with van der Waals surface area (Å²) in [5.74, 6) is 5.10. The summed E-state index contributed by atoms with van der Waals surface area (Å²) in [5.41, 5.74) is 3.14. The Morgan fingerprint density at radius 3 is 2.57 bits per heavy atom. The topological polar surface area (TPSA) is 73.9 Å². The van der Waals surface area contributed by atoms with Gasteiger partial charge in [0, 0.05) is 10.6 Å². The van der Waals surface area contributed by atoms with Gasteiger partial charge >= 0.3 is 0 Å². The summed E-state index contributed by atoms with van der Waals surface area (Å²) in [6.45, 7) is 0. The minimum atomic E-state index is 0.352. The van der Waals surface area contributed by atoms with Crippen LogP contribution in [0.25, 0.3) is 0 Å². The first-order valence-corrected chi connectivity index (χ1v) is 4.92. The number of nitrogens with one attached hydrogen (secondary N) is 2. The third kappa shape index (κ3) is 3.22. The summed E-state index contributed by atoms with van der Waals surface area (Å²) in [4.78, 5) is 0.893. The molecule has 4 N–H and O–H groups in total. The molecular weight excluding hydrogens is 216 g/mol. The zero-order valence-electron chi connectivity index (χ0n) is 7.15. The van der Waals surface area contributed by atoms with E-state index in [0.29, 0.717) is 5.11 Å². The lowest BCUT2D eigenvalue weighted by molar-refractivity contribution is 1.04. The molecule has 0 bridgehead atoms. The van der Waals surface area contributed by atoms with Crippen molar-refractivity contribution < 1.29 is 0 Å². The second-order valence-electron chi connectivity index (χ2n) is 2.32. The Labute approximate surface area is 91.4 Å². The van der Waals surface area contributed by atoms with Crippen LogP contribution < -0.4 is 16.6 Å². The number of hydrogen-bond acceptors (Lipinski definition) is 4. The Balaban J connectivity index is 2.65. The van der Waals surface area contributed by atoms with E-state index in [1.165, 1.54) is 0 Å². The molecule has 14 heavy (non-hydrogen) atoms. The molecule has 6 heteroatoms. The maximum atomic E-state index is 8.42. The maximum Gasteiger partial charge on any atom is 0.185 e. The van der Waals surface area contributed by atoms with Gasteiger partial charge in [-0.3, -0.25) is 0 Å². The van der Waals surface area contributed by atoms with Crippen LogP contribution in [0.2, 0.25) is 0 Å². The van der Waals surface area contributed by atoms with Gasteiger partial charge in [-0.25, -0.2) is 5.84 Å². The van der Waals surface area contributed by atoms with Crippen molar-refractivity contribution in [3.63, 3.8) is 0 Å². The van der Waals surface area contributed by atoms with E-state index in [9.17, 15) is 0 Å². The number of thiocarbonyl (C=S) groups is 1. The fraction of sp³-hybridized carbons (Fsp3) is 0. The van der Waals surface area contributed by atoms with Crippen LogP contribution in [0, 0.1) is 10.7 Å². The molecular formula is C8H8N4S2. The predicted octanol–water partition coefficient (Wildman–Crippen LogP) is 1.42. The first-order valence-electron chi connectivity index (χ1n) is 3.70. The van der Waals surface area contributed by atoms with E-state index < -0.39 is 0 Å². The molecule has 4 nitrogen and oxygen atoms in total. The van der Waals surface area contributed by atoms with Gasteiger partial charge < -0.3 is 10.7 Å².